The van der Waals surface area contributed by atoms with Crippen molar-refractivity contribution in [1.82, 2.24) is 9.71 Å². The molecule has 1 heterocycles. The molecule has 0 amide bonds. The van der Waals surface area contributed by atoms with Crippen molar-refractivity contribution >= 4 is 10.0 Å². The quantitative estimate of drug-likeness (QED) is 0.898. The second-order valence-corrected chi connectivity index (χ2v) is 7.34. The van der Waals surface area contributed by atoms with Gasteiger partial charge in [0.1, 0.15) is 4.90 Å². The Hall–Kier alpha value is -0.980. The molecule has 0 radical (unpaired) electrons. The van der Waals surface area contributed by atoms with Crippen LogP contribution in [0.2, 0.25) is 0 Å². The summed E-state index contributed by atoms with van der Waals surface area (Å²) in [4.78, 5) is 4.10. The normalized spacial score (nSPS) is 27.9. The lowest BCUT2D eigenvalue weighted by Crippen LogP contribution is -2.67. The van der Waals surface area contributed by atoms with Gasteiger partial charge in [0, 0.05) is 30.5 Å². The number of nitrogens with one attached hydrogen (secondary N) is 1. The molecule has 2 fully saturated rings. The first-order valence-electron chi connectivity index (χ1n) is 7.12. The lowest BCUT2D eigenvalue weighted by Gasteiger charge is -2.60. The molecule has 5 nitrogen and oxygen atoms in total. The van der Waals surface area contributed by atoms with Gasteiger partial charge in [-0.05, 0) is 38.3 Å². The molecule has 0 aromatic carbocycles. The lowest BCUT2D eigenvalue weighted by atomic mass is 9.51. The minimum Gasteiger partial charge on any atom is -0.378 e. The van der Waals surface area contributed by atoms with Gasteiger partial charge in [0.25, 0.3) is 0 Å². The summed E-state index contributed by atoms with van der Waals surface area (Å²) < 4.78 is 33.3. The Morgan fingerprint density at radius 1 is 1.50 bits per heavy atom. The minimum atomic E-state index is -3.47. The summed E-state index contributed by atoms with van der Waals surface area (Å²) in [6.45, 7) is 2.67. The van der Waals surface area contributed by atoms with Crippen LogP contribution < -0.4 is 4.72 Å². The third-order valence-electron chi connectivity index (χ3n) is 4.68. The molecule has 0 bridgehead atoms. The second kappa shape index (κ2) is 5.09. The molecule has 2 atom stereocenters. The summed E-state index contributed by atoms with van der Waals surface area (Å²) in [6.07, 6.45) is 7.20. The monoisotopic (exact) mass is 296 g/mol. The SMILES string of the molecule is CCO[C@H]1C[C@@H](NS(=O)(=O)c2cccnc2)C12CCC2. The molecule has 3 rings (SSSR count). The Morgan fingerprint density at radius 3 is 2.85 bits per heavy atom. The average molecular weight is 296 g/mol. The van der Waals surface area contributed by atoms with Crippen molar-refractivity contribution in [3.63, 3.8) is 0 Å². The van der Waals surface area contributed by atoms with Crippen LogP contribution in [0, 0.1) is 5.41 Å². The largest absolute Gasteiger partial charge is 0.378 e. The molecular weight excluding hydrogens is 276 g/mol. The van der Waals surface area contributed by atoms with Crippen LogP contribution in [0.5, 0.6) is 0 Å². The number of hydrogen-bond donors (Lipinski definition) is 1. The Kier molecular flexibility index (Phi) is 3.56. The number of nitrogens with zero attached hydrogens (tertiary/aromatic N) is 1. The van der Waals surface area contributed by atoms with Crippen molar-refractivity contribution in [3.8, 4) is 0 Å². The van der Waals surface area contributed by atoms with Crippen molar-refractivity contribution < 1.29 is 13.2 Å². The average Bonchev–Trinajstić information content (AvgIpc) is 2.36. The number of rotatable bonds is 5. The van der Waals surface area contributed by atoms with E-state index in [2.05, 4.69) is 9.71 Å². The Bertz CT molecular complexity index is 569. The van der Waals surface area contributed by atoms with Gasteiger partial charge < -0.3 is 4.74 Å². The van der Waals surface area contributed by atoms with Crippen LogP contribution in [0.3, 0.4) is 0 Å². The molecular formula is C14H20N2O3S. The van der Waals surface area contributed by atoms with Gasteiger partial charge in [-0.1, -0.05) is 6.42 Å². The molecule has 110 valence electrons. The fraction of sp³-hybridized carbons (Fsp3) is 0.643. The van der Waals surface area contributed by atoms with Gasteiger partial charge >= 0.3 is 0 Å². The van der Waals surface area contributed by atoms with Gasteiger partial charge in [-0.2, -0.15) is 0 Å². The zero-order valence-electron chi connectivity index (χ0n) is 11.6. The van der Waals surface area contributed by atoms with Crippen molar-refractivity contribution in [1.29, 1.82) is 0 Å². The van der Waals surface area contributed by atoms with Crippen molar-refractivity contribution in [3.05, 3.63) is 24.5 Å². The molecule has 1 N–H and O–H groups in total. The van der Waals surface area contributed by atoms with Crippen LogP contribution in [0.4, 0.5) is 0 Å². The van der Waals surface area contributed by atoms with Gasteiger partial charge in [0.05, 0.1) is 6.10 Å². The van der Waals surface area contributed by atoms with Crippen LogP contribution in [0.1, 0.15) is 32.6 Å². The van der Waals surface area contributed by atoms with E-state index in [1.165, 1.54) is 6.20 Å². The van der Waals surface area contributed by atoms with Crippen LogP contribution in [-0.2, 0) is 14.8 Å². The number of pyridine rings is 1. The highest BCUT2D eigenvalue weighted by Crippen LogP contribution is 2.57. The van der Waals surface area contributed by atoms with E-state index in [-0.39, 0.29) is 22.5 Å². The van der Waals surface area contributed by atoms with E-state index in [1.807, 2.05) is 6.92 Å². The van der Waals surface area contributed by atoms with E-state index >= 15 is 0 Å². The molecule has 20 heavy (non-hydrogen) atoms. The Labute approximate surface area is 119 Å². The predicted molar refractivity (Wildman–Crippen MR) is 74.7 cm³/mol. The molecule has 0 unspecified atom stereocenters. The lowest BCUT2D eigenvalue weighted by molar-refractivity contribution is -0.167. The standard InChI is InChI=1S/C14H20N2O3S/c1-2-19-13-9-12(14(13)6-4-7-14)16-20(17,18)11-5-3-8-15-10-11/h3,5,8,10,12-13,16H,2,4,6-7,9H2,1H3/t12-,13+/m1/s1. The van der Waals surface area contributed by atoms with E-state index < -0.39 is 10.0 Å². The topological polar surface area (TPSA) is 68.3 Å². The molecule has 1 aromatic heterocycles. The third kappa shape index (κ3) is 2.16. The molecule has 6 heteroatoms. The summed E-state index contributed by atoms with van der Waals surface area (Å²) in [5.74, 6) is 0. The van der Waals surface area contributed by atoms with Crippen molar-refractivity contribution in [2.45, 2.75) is 49.6 Å². The zero-order valence-corrected chi connectivity index (χ0v) is 12.4. The molecule has 2 saturated carbocycles. The number of ether oxygens (including phenoxy) is 1. The minimum absolute atomic E-state index is 0.00185. The molecule has 1 aromatic rings. The summed E-state index contributed by atoms with van der Waals surface area (Å²) in [5, 5.41) is 0. The maximum atomic E-state index is 12.3. The highest BCUT2D eigenvalue weighted by Gasteiger charge is 2.59. The van der Waals surface area contributed by atoms with Crippen molar-refractivity contribution in [2.75, 3.05) is 6.61 Å². The molecule has 2 aliphatic carbocycles. The number of sulfonamides is 1. The predicted octanol–water partition coefficient (Wildman–Crippen LogP) is 1.71. The van der Waals surface area contributed by atoms with Gasteiger partial charge in [-0.3, -0.25) is 4.98 Å². The Morgan fingerprint density at radius 2 is 2.30 bits per heavy atom. The third-order valence-corrected chi connectivity index (χ3v) is 6.14. The van der Waals surface area contributed by atoms with Crippen LogP contribution in [-0.4, -0.2) is 32.2 Å². The van der Waals surface area contributed by atoms with E-state index in [0.717, 1.165) is 25.7 Å². The van der Waals surface area contributed by atoms with Crippen molar-refractivity contribution in [2.24, 2.45) is 5.41 Å². The first kappa shape index (κ1) is 14.0. The highest BCUT2D eigenvalue weighted by molar-refractivity contribution is 7.89. The number of aromatic nitrogens is 1. The van der Waals surface area contributed by atoms with Gasteiger partial charge in [0.2, 0.25) is 10.0 Å². The van der Waals surface area contributed by atoms with E-state index in [4.69, 9.17) is 4.74 Å². The van der Waals surface area contributed by atoms with Gasteiger partial charge in [-0.25, -0.2) is 13.1 Å². The van der Waals surface area contributed by atoms with Gasteiger partial charge in [-0.15, -0.1) is 0 Å². The fourth-order valence-corrected chi connectivity index (χ4v) is 4.66. The summed E-state index contributed by atoms with van der Waals surface area (Å²) >= 11 is 0. The van der Waals surface area contributed by atoms with Crippen LogP contribution >= 0.6 is 0 Å². The first-order chi connectivity index (χ1) is 9.58. The van der Waals surface area contributed by atoms with E-state index in [9.17, 15) is 8.42 Å². The molecule has 1 spiro atoms. The number of hydrogen-bond acceptors (Lipinski definition) is 4. The second-order valence-electron chi connectivity index (χ2n) is 5.63. The van der Waals surface area contributed by atoms with E-state index in [0.29, 0.717) is 6.61 Å². The maximum Gasteiger partial charge on any atom is 0.242 e. The van der Waals surface area contributed by atoms with E-state index in [1.54, 1.807) is 18.3 Å². The fourth-order valence-electron chi connectivity index (χ4n) is 3.36. The molecule has 2 aliphatic rings. The van der Waals surface area contributed by atoms with Gasteiger partial charge in [0.15, 0.2) is 0 Å². The Balaban J connectivity index is 1.73. The maximum absolute atomic E-state index is 12.3. The smallest absolute Gasteiger partial charge is 0.242 e. The van der Waals surface area contributed by atoms with Crippen LogP contribution in [0.25, 0.3) is 0 Å². The first-order valence-corrected chi connectivity index (χ1v) is 8.61. The molecule has 0 aliphatic heterocycles. The zero-order chi connectivity index (χ0) is 14.2. The highest BCUT2D eigenvalue weighted by atomic mass is 32.2. The molecule has 0 saturated heterocycles. The summed E-state index contributed by atoms with van der Waals surface area (Å²) in [6, 6.07) is 3.21. The summed E-state index contributed by atoms with van der Waals surface area (Å²) in [7, 11) is -3.47. The summed E-state index contributed by atoms with van der Waals surface area (Å²) in [5.41, 5.74) is 0.0330. The van der Waals surface area contributed by atoms with Crippen LogP contribution in [0.15, 0.2) is 29.4 Å².